The van der Waals surface area contributed by atoms with Gasteiger partial charge in [0.1, 0.15) is 11.6 Å². The number of rotatable bonds is 2. The van der Waals surface area contributed by atoms with Crippen LogP contribution in [0.4, 0.5) is 17.1 Å². The van der Waals surface area contributed by atoms with Crippen molar-refractivity contribution < 1.29 is 9.59 Å². The van der Waals surface area contributed by atoms with E-state index < -0.39 is 0 Å². The lowest BCUT2D eigenvalue weighted by Gasteiger charge is -2.24. The highest BCUT2D eigenvalue weighted by molar-refractivity contribution is 6.05. The number of carbonyl (C=O) groups is 2. The second kappa shape index (κ2) is 6.11. The molecule has 3 aromatic rings. The summed E-state index contributed by atoms with van der Waals surface area (Å²) >= 11 is 0. The molecule has 7 heteroatoms. The second-order valence-corrected chi connectivity index (χ2v) is 6.13. The Kier molecular flexibility index (Phi) is 3.76. The average molecular weight is 347 g/mol. The van der Waals surface area contributed by atoms with Crippen molar-refractivity contribution in [2.75, 3.05) is 10.2 Å². The van der Waals surface area contributed by atoms with Gasteiger partial charge in [0.05, 0.1) is 17.8 Å². The van der Waals surface area contributed by atoms with Gasteiger partial charge >= 0.3 is 0 Å². The predicted octanol–water partition coefficient (Wildman–Crippen LogP) is 2.75. The number of aromatic nitrogens is 3. The zero-order valence-electron chi connectivity index (χ0n) is 14.4. The lowest BCUT2D eigenvalue weighted by Crippen LogP contribution is -2.27. The highest BCUT2D eigenvalue weighted by Crippen LogP contribution is 2.37. The molecule has 0 atom stereocenters. The van der Waals surface area contributed by atoms with Crippen LogP contribution < -0.4 is 10.2 Å². The van der Waals surface area contributed by atoms with E-state index >= 15 is 0 Å². The molecule has 7 nitrogen and oxygen atoms in total. The minimum absolute atomic E-state index is 0.108. The van der Waals surface area contributed by atoms with Crippen molar-refractivity contribution in [1.82, 2.24) is 14.8 Å². The van der Waals surface area contributed by atoms with Crippen LogP contribution in [0.3, 0.4) is 0 Å². The van der Waals surface area contributed by atoms with Gasteiger partial charge in [-0.15, -0.1) is 10.2 Å². The monoisotopic (exact) mass is 347 g/mol. The third kappa shape index (κ3) is 2.63. The molecule has 2 heterocycles. The number of hydrogen-bond donors (Lipinski definition) is 1. The summed E-state index contributed by atoms with van der Waals surface area (Å²) in [4.78, 5) is 26.2. The van der Waals surface area contributed by atoms with E-state index in [0.29, 0.717) is 23.0 Å². The molecule has 0 unspecified atom stereocenters. The van der Waals surface area contributed by atoms with Crippen LogP contribution in [0.5, 0.6) is 0 Å². The highest BCUT2D eigenvalue weighted by atomic mass is 16.2. The van der Waals surface area contributed by atoms with Gasteiger partial charge in [-0.3, -0.25) is 19.1 Å². The van der Waals surface area contributed by atoms with E-state index in [1.54, 1.807) is 11.0 Å². The smallest absolute Gasteiger partial charge is 0.239 e. The maximum absolute atomic E-state index is 13.0. The molecule has 0 fully saturated rings. The van der Waals surface area contributed by atoms with Gasteiger partial charge in [0, 0.05) is 18.3 Å². The number of anilines is 3. The quantitative estimate of drug-likeness (QED) is 0.773. The molecule has 0 aliphatic carbocycles. The van der Waals surface area contributed by atoms with Crippen molar-refractivity contribution in [3.05, 3.63) is 60.2 Å². The summed E-state index contributed by atoms with van der Waals surface area (Å²) in [6, 6.07) is 14.9. The van der Waals surface area contributed by atoms with Gasteiger partial charge in [0.2, 0.25) is 11.8 Å². The van der Waals surface area contributed by atoms with Gasteiger partial charge in [-0.1, -0.05) is 18.2 Å². The van der Waals surface area contributed by atoms with Gasteiger partial charge < -0.3 is 5.32 Å². The van der Waals surface area contributed by atoms with Gasteiger partial charge in [-0.25, -0.2) is 0 Å². The van der Waals surface area contributed by atoms with Gasteiger partial charge in [0.15, 0.2) is 0 Å². The standard InChI is InChI=1S/C19H17N5O2/c1-12-21-22-18-11-19(26)24(15-6-4-3-5-7-15)17-10-14(20-13(2)25)8-9-16(17)23(12)18/h3-10H,11H2,1-2H3,(H,20,25). The van der Waals surface area contributed by atoms with Gasteiger partial charge in [-0.2, -0.15) is 0 Å². The van der Waals surface area contributed by atoms with Crippen LogP contribution in [-0.4, -0.2) is 26.6 Å². The zero-order chi connectivity index (χ0) is 18.3. The van der Waals surface area contributed by atoms with Crippen LogP contribution in [0.2, 0.25) is 0 Å². The summed E-state index contributed by atoms with van der Waals surface area (Å²) in [7, 11) is 0. The summed E-state index contributed by atoms with van der Waals surface area (Å²) in [6.45, 7) is 3.30. The first-order chi connectivity index (χ1) is 12.5. The minimum Gasteiger partial charge on any atom is -0.326 e. The maximum Gasteiger partial charge on any atom is 0.239 e. The number of hydrogen-bond acceptors (Lipinski definition) is 4. The number of aryl methyl sites for hydroxylation is 1. The number of benzene rings is 2. The third-order valence-electron chi connectivity index (χ3n) is 4.24. The second-order valence-electron chi connectivity index (χ2n) is 6.13. The van der Waals surface area contributed by atoms with Crippen molar-refractivity contribution >= 4 is 28.9 Å². The molecular formula is C19H17N5O2. The number of carbonyl (C=O) groups excluding carboxylic acids is 2. The Morgan fingerprint density at radius 2 is 1.85 bits per heavy atom. The average Bonchev–Trinajstić information content (AvgIpc) is 2.90. The van der Waals surface area contributed by atoms with Gasteiger partial charge in [-0.05, 0) is 37.3 Å². The van der Waals surface area contributed by atoms with Crippen molar-refractivity contribution in [2.45, 2.75) is 20.3 Å². The molecule has 1 aliphatic rings. The van der Waals surface area contributed by atoms with E-state index in [1.807, 2.05) is 54.0 Å². The molecule has 0 radical (unpaired) electrons. The minimum atomic E-state index is -0.169. The van der Waals surface area contributed by atoms with Crippen LogP contribution >= 0.6 is 0 Å². The van der Waals surface area contributed by atoms with Crippen molar-refractivity contribution in [2.24, 2.45) is 0 Å². The lowest BCUT2D eigenvalue weighted by atomic mass is 10.2. The molecular weight excluding hydrogens is 330 g/mol. The molecule has 2 amide bonds. The van der Waals surface area contributed by atoms with E-state index in [0.717, 1.165) is 11.4 Å². The predicted molar refractivity (Wildman–Crippen MR) is 97.7 cm³/mol. The van der Waals surface area contributed by atoms with E-state index in [4.69, 9.17) is 0 Å². The summed E-state index contributed by atoms with van der Waals surface area (Å²) in [6.07, 6.45) is 0.139. The topological polar surface area (TPSA) is 80.1 Å². The van der Waals surface area contributed by atoms with Crippen LogP contribution in [0, 0.1) is 6.92 Å². The third-order valence-corrected chi connectivity index (χ3v) is 4.24. The van der Waals surface area contributed by atoms with E-state index in [9.17, 15) is 9.59 Å². The molecule has 1 aromatic heterocycles. The zero-order valence-corrected chi connectivity index (χ0v) is 14.4. The lowest BCUT2D eigenvalue weighted by molar-refractivity contribution is -0.117. The molecule has 0 saturated heterocycles. The van der Waals surface area contributed by atoms with E-state index in [-0.39, 0.29) is 18.2 Å². The first-order valence-corrected chi connectivity index (χ1v) is 8.25. The number of nitrogens with zero attached hydrogens (tertiary/aromatic N) is 4. The summed E-state index contributed by atoms with van der Waals surface area (Å²) in [5, 5.41) is 11.1. The molecule has 26 heavy (non-hydrogen) atoms. The highest BCUT2D eigenvalue weighted by Gasteiger charge is 2.29. The molecule has 0 saturated carbocycles. The molecule has 4 rings (SSSR count). The summed E-state index contributed by atoms with van der Waals surface area (Å²) in [5.74, 6) is 1.02. The molecule has 0 spiro atoms. The van der Waals surface area contributed by atoms with Crippen molar-refractivity contribution in [3.63, 3.8) is 0 Å². The molecule has 2 aromatic carbocycles. The number of para-hydroxylation sites is 1. The molecule has 0 bridgehead atoms. The Morgan fingerprint density at radius 1 is 1.08 bits per heavy atom. The Morgan fingerprint density at radius 3 is 2.58 bits per heavy atom. The first kappa shape index (κ1) is 16.0. The van der Waals surface area contributed by atoms with Crippen LogP contribution in [0.15, 0.2) is 48.5 Å². The fraction of sp³-hybridized carbons (Fsp3) is 0.158. The largest absolute Gasteiger partial charge is 0.326 e. The van der Waals surface area contributed by atoms with Crippen molar-refractivity contribution in [1.29, 1.82) is 0 Å². The summed E-state index contributed by atoms with van der Waals surface area (Å²) < 4.78 is 1.88. The Bertz CT molecular complexity index is 1010. The SMILES string of the molecule is CC(=O)Nc1ccc2c(c1)N(c1ccccc1)C(=O)Cc1nnc(C)n1-2. The molecule has 130 valence electrons. The first-order valence-electron chi connectivity index (χ1n) is 8.25. The normalized spacial score (nSPS) is 13.0. The fourth-order valence-electron chi connectivity index (χ4n) is 3.22. The number of nitrogens with one attached hydrogen (secondary N) is 1. The van der Waals surface area contributed by atoms with Gasteiger partial charge in [0.25, 0.3) is 0 Å². The Hall–Kier alpha value is -3.48. The molecule has 1 N–H and O–H groups in total. The maximum atomic E-state index is 13.0. The Balaban J connectivity index is 1.97. The number of amides is 2. The Labute approximate surface area is 150 Å². The van der Waals surface area contributed by atoms with Crippen LogP contribution in [0.25, 0.3) is 5.69 Å². The van der Waals surface area contributed by atoms with E-state index in [2.05, 4.69) is 15.5 Å². The fourth-order valence-corrected chi connectivity index (χ4v) is 3.22. The van der Waals surface area contributed by atoms with Crippen LogP contribution in [0.1, 0.15) is 18.6 Å². The van der Waals surface area contributed by atoms with Crippen LogP contribution in [-0.2, 0) is 16.0 Å². The van der Waals surface area contributed by atoms with Crippen molar-refractivity contribution in [3.8, 4) is 5.69 Å². The molecule has 1 aliphatic heterocycles. The van der Waals surface area contributed by atoms with E-state index in [1.165, 1.54) is 6.92 Å². The summed E-state index contributed by atoms with van der Waals surface area (Å²) in [5.41, 5.74) is 2.86. The number of fused-ring (bicyclic) bond motifs is 3.